The third-order valence-corrected chi connectivity index (χ3v) is 5.47. The Kier molecular flexibility index (Phi) is 6.35. The molecule has 0 saturated heterocycles. The Balaban J connectivity index is 1.46. The van der Waals surface area contributed by atoms with Crippen LogP contribution in [0.5, 0.6) is 11.5 Å². The number of hydrogen-bond acceptors (Lipinski definition) is 5. The fraction of sp³-hybridized carbons (Fsp3) is 0.348. The molecule has 2 heterocycles. The molecule has 0 radical (unpaired) electrons. The normalized spacial score (nSPS) is 13.7. The van der Waals surface area contributed by atoms with Crippen LogP contribution in [0, 0.1) is 0 Å². The van der Waals surface area contributed by atoms with Gasteiger partial charge in [-0.15, -0.1) is 0 Å². The van der Waals surface area contributed by atoms with Gasteiger partial charge in [0.1, 0.15) is 11.5 Å². The topological polar surface area (TPSA) is 90.3 Å². The molecule has 0 spiro atoms. The van der Waals surface area contributed by atoms with Crippen molar-refractivity contribution in [2.75, 3.05) is 19.5 Å². The van der Waals surface area contributed by atoms with Crippen LogP contribution in [0.15, 0.2) is 48.7 Å². The predicted octanol–water partition coefficient (Wildman–Crippen LogP) is 4.40. The Morgan fingerprint density at radius 2 is 1.97 bits per heavy atom. The number of hydrogen-bond donors (Lipinski definition) is 2. The number of pyridine rings is 1. The maximum Gasteiger partial charge on any atom is 0.319 e. The van der Waals surface area contributed by atoms with Crippen molar-refractivity contribution in [1.29, 1.82) is 0 Å². The fourth-order valence-electron chi connectivity index (χ4n) is 3.90. The molecular weight excluding hydrogens is 394 g/mol. The molecule has 2 N–H and O–H groups in total. The molecule has 2 amide bonds. The summed E-state index contributed by atoms with van der Waals surface area (Å²) in [7, 11) is 3.13. The fourth-order valence-corrected chi connectivity index (χ4v) is 3.90. The standard InChI is InChI=1S/C23H27N5O3/c1-30-18-10-11-20(22(14-18)31-2)26-23(29)25-15-16-13-21(19-9-5-6-12-24-19)28(27-16)17-7-3-4-8-17/h5-6,9-14,17H,3-4,7-8,15H2,1-2H3,(H2,25,26,29). The maximum absolute atomic E-state index is 12.5. The summed E-state index contributed by atoms with van der Waals surface area (Å²) in [5.74, 6) is 1.18. The van der Waals surface area contributed by atoms with Gasteiger partial charge in [0.2, 0.25) is 0 Å². The Hall–Kier alpha value is -3.55. The zero-order chi connectivity index (χ0) is 21.6. The molecule has 1 aromatic carbocycles. The van der Waals surface area contributed by atoms with Gasteiger partial charge < -0.3 is 20.1 Å². The van der Waals surface area contributed by atoms with E-state index in [2.05, 4.69) is 20.3 Å². The second-order valence-electron chi connectivity index (χ2n) is 7.49. The largest absolute Gasteiger partial charge is 0.497 e. The number of anilines is 1. The van der Waals surface area contributed by atoms with Gasteiger partial charge in [0.05, 0.1) is 49.6 Å². The van der Waals surface area contributed by atoms with Crippen molar-refractivity contribution in [1.82, 2.24) is 20.1 Å². The second-order valence-corrected chi connectivity index (χ2v) is 7.49. The lowest BCUT2D eigenvalue weighted by atomic mass is 10.2. The molecule has 1 fully saturated rings. The number of nitrogens with one attached hydrogen (secondary N) is 2. The lowest BCUT2D eigenvalue weighted by Gasteiger charge is -2.13. The van der Waals surface area contributed by atoms with Gasteiger partial charge in [-0.2, -0.15) is 5.10 Å². The second kappa shape index (κ2) is 9.51. The van der Waals surface area contributed by atoms with Crippen LogP contribution in [-0.2, 0) is 6.54 Å². The van der Waals surface area contributed by atoms with Crippen LogP contribution in [0.2, 0.25) is 0 Å². The van der Waals surface area contributed by atoms with Crippen LogP contribution in [0.25, 0.3) is 11.4 Å². The summed E-state index contributed by atoms with van der Waals surface area (Å²) in [6.07, 6.45) is 6.45. The summed E-state index contributed by atoms with van der Waals surface area (Å²) >= 11 is 0. The summed E-state index contributed by atoms with van der Waals surface area (Å²) in [4.78, 5) is 17.0. The van der Waals surface area contributed by atoms with Gasteiger partial charge in [0.25, 0.3) is 0 Å². The van der Waals surface area contributed by atoms with E-state index in [0.29, 0.717) is 29.8 Å². The van der Waals surface area contributed by atoms with E-state index in [1.165, 1.54) is 12.8 Å². The third-order valence-electron chi connectivity index (χ3n) is 5.47. The Morgan fingerprint density at radius 1 is 1.13 bits per heavy atom. The molecule has 3 aromatic rings. The molecule has 2 aromatic heterocycles. The van der Waals surface area contributed by atoms with Crippen molar-refractivity contribution >= 4 is 11.7 Å². The van der Waals surface area contributed by atoms with Gasteiger partial charge in [-0.05, 0) is 43.2 Å². The van der Waals surface area contributed by atoms with Crippen LogP contribution >= 0.6 is 0 Å². The molecule has 0 unspecified atom stereocenters. The Bertz CT molecular complexity index is 1030. The number of ether oxygens (including phenoxy) is 2. The minimum absolute atomic E-state index is 0.309. The number of rotatable bonds is 7. The third kappa shape index (κ3) is 4.79. The van der Waals surface area contributed by atoms with Crippen molar-refractivity contribution in [2.24, 2.45) is 0 Å². The van der Waals surface area contributed by atoms with Crippen LogP contribution in [0.3, 0.4) is 0 Å². The lowest BCUT2D eigenvalue weighted by molar-refractivity contribution is 0.251. The Labute approximate surface area is 181 Å². The average Bonchev–Trinajstić information content (AvgIpc) is 3.48. The van der Waals surface area contributed by atoms with Gasteiger partial charge in [-0.3, -0.25) is 9.67 Å². The van der Waals surface area contributed by atoms with E-state index >= 15 is 0 Å². The summed E-state index contributed by atoms with van der Waals surface area (Å²) < 4.78 is 12.6. The molecule has 1 aliphatic rings. The number of urea groups is 1. The zero-order valence-corrected chi connectivity index (χ0v) is 17.8. The number of aromatic nitrogens is 3. The average molecular weight is 422 g/mol. The maximum atomic E-state index is 12.5. The lowest BCUT2D eigenvalue weighted by Crippen LogP contribution is -2.28. The van der Waals surface area contributed by atoms with Crippen molar-refractivity contribution in [3.05, 3.63) is 54.4 Å². The number of nitrogens with zero attached hydrogens (tertiary/aromatic N) is 3. The van der Waals surface area contributed by atoms with Gasteiger partial charge in [-0.1, -0.05) is 18.9 Å². The van der Waals surface area contributed by atoms with Crippen molar-refractivity contribution < 1.29 is 14.3 Å². The molecule has 1 aliphatic carbocycles. The van der Waals surface area contributed by atoms with Gasteiger partial charge in [0, 0.05) is 12.3 Å². The van der Waals surface area contributed by atoms with E-state index in [-0.39, 0.29) is 6.03 Å². The number of methoxy groups -OCH3 is 2. The highest BCUT2D eigenvalue weighted by Crippen LogP contribution is 2.33. The van der Waals surface area contributed by atoms with E-state index in [0.717, 1.165) is 29.9 Å². The van der Waals surface area contributed by atoms with E-state index in [9.17, 15) is 4.79 Å². The van der Waals surface area contributed by atoms with Crippen LogP contribution < -0.4 is 20.1 Å². The molecule has 162 valence electrons. The first-order valence-corrected chi connectivity index (χ1v) is 10.4. The molecule has 8 heteroatoms. The van der Waals surface area contributed by atoms with Crippen LogP contribution in [0.1, 0.15) is 37.4 Å². The quantitative estimate of drug-likeness (QED) is 0.590. The molecule has 0 aliphatic heterocycles. The van der Waals surface area contributed by atoms with E-state index < -0.39 is 0 Å². The molecule has 8 nitrogen and oxygen atoms in total. The summed E-state index contributed by atoms with van der Waals surface area (Å²) in [6, 6.07) is 13.1. The minimum Gasteiger partial charge on any atom is -0.497 e. The van der Waals surface area contributed by atoms with Crippen molar-refractivity contribution in [3.63, 3.8) is 0 Å². The monoisotopic (exact) mass is 421 g/mol. The molecule has 31 heavy (non-hydrogen) atoms. The summed E-state index contributed by atoms with van der Waals surface area (Å²) in [6.45, 7) is 0.309. The molecule has 4 rings (SSSR count). The SMILES string of the molecule is COc1ccc(NC(=O)NCc2cc(-c3ccccn3)n(C3CCCC3)n2)c(OC)c1. The van der Waals surface area contributed by atoms with Crippen LogP contribution in [-0.4, -0.2) is 35.0 Å². The summed E-state index contributed by atoms with van der Waals surface area (Å²) in [5.41, 5.74) is 3.23. The van der Waals surface area contributed by atoms with E-state index in [1.54, 1.807) is 38.6 Å². The highest BCUT2D eigenvalue weighted by atomic mass is 16.5. The van der Waals surface area contributed by atoms with E-state index in [1.807, 2.05) is 24.3 Å². The van der Waals surface area contributed by atoms with Crippen molar-refractivity contribution in [3.8, 4) is 22.9 Å². The number of amides is 2. The zero-order valence-electron chi connectivity index (χ0n) is 17.8. The molecular formula is C23H27N5O3. The first kappa shape index (κ1) is 20.7. The highest BCUT2D eigenvalue weighted by molar-refractivity contribution is 5.91. The number of carbonyl (C=O) groups excluding carboxylic acids is 1. The number of carbonyl (C=O) groups is 1. The Morgan fingerprint density at radius 3 is 2.68 bits per heavy atom. The highest BCUT2D eigenvalue weighted by Gasteiger charge is 2.22. The van der Waals surface area contributed by atoms with E-state index in [4.69, 9.17) is 14.6 Å². The van der Waals surface area contributed by atoms with Gasteiger partial charge >= 0.3 is 6.03 Å². The molecule has 0 bridgehead atoms. The molecule has 0 atom stereocenters. The summed E-state index contributed by atoms with van der Waals surface area (Å²) in [5, 5.41) is 10.5. The molecule has 1 saturated carbocycles. The first-order valence-electron chi connectivity index (χ1n) is 10.4. The number of benzene rings is 1. The smallest absolute Gasteiger partial charge is 0.319 e. The van der Waals surface area contributed by atoms with Crippen LogP contribution in [0.4, 0.5) is 10.5 Å². The van der Waals surface area contributed by atoms with Gasteiger partial charge in [0.15, 0.2) is 0 Å². The van der Waals surface area contributed by atoms with Crippen molar-refractivity contribution in [2.45, 2.75) is 38.3 Å². The van der Waals surface area contributed by atoms with Gasteiger partial charge in [-0.25, -0.2) is 4.79 Å². The first-order chi connectivity index (χ1) is 15.2. The minimum atomic E-state index is -0.335. The predicted molar refractivity (Wildman–Crippen MR) is 118 cm³/mol.